The van der Waals surface area contributed by atoms with Crippen LogP contribution in [0.15, 0.2) is 29.4 Å². The molecule has 1 aromatic rings. The molecule has 18 nitrogen and oxygen atoms in total. The SMILES string of the molecule is CC(=O)NCCCCC(NC(=O)OC(C)(C)C)C(=O)NCCNC(=O)c1cccc(OCC(N=[N+]=[N-])OCCOCC(=O)NN)c1. The van der Waals surface area contributed by atoms with Gasteiger partial charge in [0.25, 0.3) is 11.8 Å². The van der Waals surface area contributed by atoms with Gasteiger partial charge in [0.15, 0.2) is 6.23 Å². The fourth-order valence-electron chi connectivity index (χ4n) is 3.56. The number of hydrogen-bond donors (Lipinski definition) is 6. The highest BCUT2D eigenvalue weighted by Gasteiger charge is 2.24. The molecule has 0 fully saturated rings. The zero-order valence-electron chi connectivity index (χ0n) is 26.6. The maximum Gasteiger partial charge on any atom is 0.408 e. The highest BCUT2D eigenvalue weighted by atomic mass is 16.6. The van der Waals surface area contributed by atoms with Crippen molar-refractivity contribution in [1.82, 2.24) is 26.7 Å². The van der Waals surface area contributed by atoms with Crippen LogP contribution in [0.1, 0.15) is 57.3 Å². The molecular formula is C28H45N9O9. The van der Waals surface area contributed by atoms with Crippen molar-refractivity contribution in [2.75, 3.05) is 46.1 Å². The molecule has 5 amide bonds. The molecule has 2 atom stereocenters. The van der Waals surface area contributed by atoms with Crippen LogP contribution in [0.2, 0.25) is 0 Å². The summed E-state index contributed by atoms with van der Waals surface area (Å²) >= 11 is 0. The maximum absolute atomic E-state index is 12.8. The molecular weight excluding hydrogens is 606 g/mol. The quantitative estimate of drug-likeness (QED) is 0.0207. The second-order valence-corrected chi connectivity index (χ2v) is 10.7. The van der Waals surface area contributed by atoms with Gasteiger partial charge in [0.2, 0.25) is 11.8 Å². The summed E-state index contributed by atoms with van der Waals surface area (Å²) in [6, 6.07) is 5.38. The molecule has 18 heteroatoms. The summed E-state index contributed by atoms with van der Waals surface area (Å²) in [6.45, 7) is 6.83. The van der Waals surface area contributed by atoms with Crippen molar-refractivity contribution in [2.45, 2.75) is 64.8 Å². The van der Waals surface area contributed by atoms with Crippen molar-refractivity contribution >= 4 is 29.7 Å². The Balaban J connectivity index is 2.57. The summed E-state index contributed by atoms with van der Waals surface area (Å²) in [5.74, 6) is 3.74. The Kier molecular flexibility index (Phi) is 18.8. The lowest BCUT2D eigenvalue weighted by Crippen LogP contribution is -2.49. The van der Waals surface area contributed by atoms with E-state index in [1.807, 2.05) is 5.43 Å². The van der Waals surface area contributed by atoms with Crippen LogP contribution >= 0.6 is 0 Å². The van der Waals surface area contributed by atoms with Gasteiger partial charge in [-0.1, -0.05) is 11.2 Å². The number of benzene rings is 1. The second kappa shape index (κ2) is 22.0. The Labute approximate surface area is 267 Å². The smallest absolute Gasteiger partial charge is 0.408 e. The largest absolute Gasteiger partial charge is 0.491 e. The number of amides is 5. The van der Waals surface area contributed by atoms with Crippen LogP contribution in [0.4, 0.5) is 4.79 Å². The predicted molar refractivity (Wildman–Crippen MR) is 165 cm³/mol. The van der Waals surface area contributed by atoms with E-state index in [0.717, 1.165) is 0 Å². The molecule has 0 aliphatic rings. The summed E-state index contributed by atoms with van der Waals surface area (Å²) < 4.78 is 21.3. The lowest BCUT2D eigenvalue weighted by atomic mass is 10.1. The lowest BCUT2D eigenvalue weighted by molar-refractivity contribution is -0.126. The summed E-state index contributed by atoms with van der Waals surface area (Å²) in [4.78, 5) is 62.6. The van der Waals surface area contributed by atoms with Crippen LogP contribution in [0.3, 0.4) is 0 Å². The minimum atomic E-state index is -0.996. The van der Waals surface area contributed by atoms with Crippen molar-refractivity contribution in [2.24, 2.45) is 11.0 Å². The monoisotopic (exact) mass is 651 g/mol. The topological polar surface area (TPSA) is 257 Å². The molecule has 0 heterocycles. The number of nitrogens with two attached hydrogens (primary N) is 1. The van der Waals surface area contributed by atoms with Gasteiger partial charge in [-0.15, -0.1) is 0 Å². The summed E-state index contributed by atoms with van der Waals surface area (Å²) in [7, 11) is 0. The highest BCUT2D eigenvalue weighted by molar-refractivity contribution is 5.94. The first-order valence-corrected chi connectivity index (χ1v) is 14.6. The lowest BCUT2D eigenvalue weighted by Gasteiger charge is -2.23. The molecule has 2 unspecified atom stereocenters. The van der Waals surface area contributed by atoms with E-state index in [1.54, 1.807) is 39.0 Å². The van der Waals surface area contributed by atoms with Gasteiger partial charge in [-0.3, -0.25) is 24.6 Å². The molecule has 1 aromatic carbocycles. The van der Waals surface area contributed by atoms with E-state index >= 15 is 0 Å². The summed E-state index contributed by atoms with van der Waals surface area (Å²) in [5.41, 5.74) is 10.2. The predicted octanol–water partition coefficient (Wildman–Crippen LogP) is 0.771. The van der Waals surface area contributed by atoms with Crippen molar-refractivity contribution < 1.29 is 42.9 Å². The van der Waals surface area contributed by atoms with Gasteiger partial charge >= 0.3 is 6.09 Å². The highest BCUT2D eigenvalue weighted by Crippen LogP contribution is 2.14. The molecule has 0 saturated carbocycles. The number of nitrogens with one attached hydrogen (secondary N) is 5. The van der Waals surface area contributed by atoms with E-state index in [1.165, 1.54) is 13.0 Å². The molecule has 46 heavy (non-hydrogen) atoms. The first kappa shape index (κ1) is 39.4. The number of hydrogen-bond acceptors (Lipinski definition) is 11. The number of nitrogens with zero attached hydrogens (tertiary/aromatic N) is 3. The average molecular weight is 652 g/mol. The van der Waals surface area contributed by atoms with Gasteiger partial charge in [0.05, 0.1) is 13.2 Å². The number of rotatable bonds is 21. The standard InChI is InChI=1S/C28H45N9O9/c1-19(38)31-11-6-5-10-22(34-27(42)46-28(2,3)4)26(41)33-13-12-32-25(40)20-8-7-9-21(16-20)45-18-24(36-37-30)44-15-14-43-17-23(39)35-29/h7-9,16,22,24H,5-6,10-15,17-18,29H2,1-4H3,(H,31,38)(H,32,40)(H,33,41)(H,34,42)(H,35,39). The molecule has 0 aliphatic heterocycles. The molecule has 1 rings (SSSR count). The number of carbonyl (C=O) groups excluding carboxylic acids is 5. The number of hydrazine groups is 1. The third-order valence-electron chi connectivity index (χ3n) is 5.61. The molecule has 0 aromatic heterocycles. The summed E-state index contributed by atoms with van der Waals surface area (Å²) in [6.07, 6.45) is -0.239. The van der Waals surface area contributed by atoms with Crippen LogP contribution < -0.4 is 37.3 Å². The van der Waals surface area contributed by atoms with E-state index in [0.29, 0.717) is 31.6 Å². The number of ether oxygens (including phenoxy) is 4. The molecule has 0 spiro atoms. The minimum absolute atomic E-state index is 0.0142. The molecule has 7 N–H and O–H groups in total. The van der Waals surface area contributed by atoms with Crippen LogP contribution in [-0.4, -0.2) is 93.7 Å². The van der Waals surface area contributed by atoms with Gasteiger partial charge in [0, 0.05) is 37.0 Å². The van der Waals surface area contributed by atoms with Gasteiger partial charge in [-0.25, -0.2) is 10.6 Å². The van der Waals surface area contributed by atoms with Gasteiger partial charge in [0.1, 0.15) is 30.6 Å². The maximum atomic E-state index is 12.8. The molecule has 0 aliphatic carbocycles. The second-order valence-electron chi connectivity index (χ2n) is 10.7. The van der Waals surface area contributed by atoms with Gasteiger partial charge in [-0.2, -0.15) is 0 Å². The zero-order chi connectivity index (χ0) is 34.4. The van der Waals surface area contributed by atoms with E-state index in [9.17, 15) is 24.0 Å². The number of azide groups is 1. The Morgan fingerprint density at radius 1 is 1.02 bits per heavy atom. The van der Waals surface area contributed by atoms with Crippen LogP contribution in [-0.2, 0) is 28.6 Å². The Hall–Kier alpha value is -4.64. The summed E-state index contributed by atoms with van der Waals surface area (Å²) in [5, 5.41) is 14.2. The molecule has 0 saturated heterocycles. The van der Waals surface area contributed by atoms with Crippen molar-refractivity contribution in [3.63, 3.8) is 0 Å². The van der Waals surface area contributed by atoms with Crippen molar-refractivity contribution in [1.29, 1.82) is 0 Å². The molecule has 0 radical (unpaired) electrons. The van der Waals surface area contributed by atoms with Crippen LogP contribution in [0.25, 0.3) is 10.4 Å². The first-order chi connectivity index (χ1) is 21.8. The fraction of sp³-hybridized carbons (Fsp3) is 0.607. The Morgan fingerprint density at radius 3 is 2.43 bits per heavy atom. The van der Waals surface area contributed by atoms with Crippen LogP contribution in [0.5, 0.6) is 5.75 Å². The third kappa shape index (κ3) is 18.9. The molecule has 0 bridgehead atoms. The first-order valence-electron chi connectivity index (χ1n) is 14.6. The normalized spacial score (nSPS) is 12.0. The third-order valence-corrected chi connectivity index (χ3v) is 5.61. The van der Waals surface area contributed by atoms with Gasteiger partial charge < -0.3 is 40.2 Å². The number of carbonyl (C=O) groups is 5. The Bertz CT molecular complexity index is 1190. The minimum Gasteiger partial charge on any atom is -0.491 e. The number of alkyl carbamates (subject to hydrolysis) is 1. The van der Waals surface area contributed by atoms with Crippen molar-refractivity contribution in [3.8, 4) is 5.75 Å². The van der Waals surface area contributed by atoms with Crippen molar-refractivity contribution in [3.05, 3.63) is 40.3 Å². The van der Waals surface area contributed by atoms with E-state index in [2.05, 4.69) is 31.3 Å². The fourth-order valence-corrected chi connectivity index (χ4v) is 3.56. The van der Waals surface area contributed by atoms with E-state index in [-0.39, 0.29) is 51.0 Å². The van der Waals surface area contributed by atoms with Gasteiger partial charge in [-0.05, 0) is 63.8 Å². The van der Waals surface area contributed by atoms with E-state index in [4.69, 9.17) is 30.3 Å². The van der Waals surface area contributed by atoms with E-state index < -0.39 is 41.7 Å². The zero-order valence-corrected chi connectivity index (χ0v) is 26.6. The average Bonchev–Trinajstić information content (AvgIpc) is 2.99. The molecule has 256 valence electrons. The van der Waals surface area contributed by atoms with Crippen LogP contribution in [0, 0.1) is 0 Å². The Morgan fingerprint density at radius 2 is 1.76 bits per heavy atom. The number of unbranched alkanes of at least 4 members (excludes halogenated alkanes) is 1.